The fourth-order valence-electron chi connectivity index (χ4n) is 3.20. The summed E-state index contributed by atoms with van der Waals surface area (Å²) in [5.41, 5.74) is 2.02. The summed E-state index contributed by atoms with van der Waals surface area (Å²) >= 11 is 0. The molecule has 2 aromatic carbocycles. The molecule has 6 nitrogen and oxygen atoms in total. The van der Waals surface area contributed by atoms with E-state index in [4.69, 9.17) is 9.47 Å². The second-order valence-electron chi connectivity index (χ2n) is 6.36. The largest absolute Gasteiger partial charge is 0.486 e. The van der Waals surface area contributed by atoms with Gasteiger partial charge in [-0.05, 0) is 49.2 Å². The highest BCUT2D eigenvalue weighted by Crippen LogP contribution is 2.32. The molecule has 0 aliphatic carbocycles. The van der Waals surface area contributed by atoms with Crippen LogP contribution in [0.15, 0.2) is 42.5 Å². The number of benzene rings is 2. The molecule has 2 aromatic rings. The molecule has 1 N–H and O–H groups in total. The van der Waals surface area contributed by atoms with Crippen molar-refractivity contribution in [3.63, 3.8) is 0 Å². The lowest BCUT2D eigenvalue weighted by atomic mass is 10.1. The fraction of sp³-hybridized carbons (Fsp3) is 0.300. The van der Waals surface area contributed by atoms with Crippen molar-refractivity contribution in [2.75, 3.05) is 30.0 Å². The van der Waals surface area contributed by atoms with Crippen molar-refractivity contribution < 1.29 is 19.1 Å². The lowest BCUT2D eigenvalue weighted by molar-refractivity contribution is -0.119. The van der Waals surface area contributed by atoms with E-state index in [1.54, 1.807) is 35.2 Å². The van der Waals surface area contributed by atoms with E-state index < -0.39 is 0 Å². The van der Waals surface area contributed by atoms with Gasteiger partial charge in [0.15, 0.2) is 11.5 Å². The zero-order valence-corrected chi connectivity index (χ0v) is 14.4. The second-order valence-corrected chi connectivity index (χ2v) is 6.36. The summed E-state index contributed by atoms with van der Waals surface area (Å²) in [6.07, 6.45) is 2.55. The average Bonchev–Trinajstić information content (AvgIpc) is 2.68. The van der Waals surface area contributed by atoms with E-state index >= 15 is 0 Å². The molecule has 0 unspecified atom stereocenters. The number of nitrogens with zero attached hydrogens (tertiary/aromatic N) is 1. The molecule has 0 saturated carbocycles. The Labute approximate surface area is 151 Å². The molecule has 2 aliphatic heterocycles. The summed E-state index contributed by atoms with van der Waals surface area (Å²) in [4.78, 5) is 26.3. The van der Waals surface area contributed by atoms with Crippen LogP contribution in [0.2, 0.25) is 0 Å². The van der Waals surface area contributed by atoms with Crippen LogP contribution in [-0.4, -0.2) is 31.6 Å². The number of amides is 2. The summed E-state index contributed by atoms with van der Waals surface area (Å²) < 4.78 is 11.0. The summed E-state index contributed by atoms with van der Waals surface area (Å²) in [5, 5.41) is 2.86. The van der Waals surface area contributed by atoms with Crippen LogP contribution < -0.4 is 19.7 Å². The van der Waals surface area contributed by atoms with Gasteiger partial charge in [0.25, 0.3) is 5.91 Å². The van der Waals surface area contributed by atoms with Crippen LogP contribution in [0.25, 0.3) is 0 Å². The number of anilines is 2. The third kappa shape index (κ3) is 3.35. The number of nitrogens with one attached hydrogen (secondary N) is 1. The number of hydrogen-bond donors (Lipinski definition) is 1. The smallest absolute Gasteiger partial charge is 0.255 e. The molecule has 0 bridgehead atoms. The van der Waals surface area contributed by atoms with Crippen molar-refractivity contribution in [1.29, 1.82) is 0 Å². The number of carbonyl (C=O) groups excluding carboxylic acids is 2. The predicted molar refractivity (Wildman–Crippen MR) is 98.0 cm³/mol. The van der Waals surface area contributed by atoms with Crippen molar-refractivity contribution in [2.45, 2.75) is 19.3 Å². The van der Waals surface area contributed by atoms with Crippen molar-refractivity contribution in [1.82, 2.24) is 0 Å². The van der Waals surface area contributed by atoms with Gasteiger partial charge < -0.3 is 19.7 Å². The molecule has 0 spiro atoms. The molecule has 0 atom stereocenters. The maximum atomic E-state index is 12.5. The first-order valence-corrected chi connectivity index (χ1v) is 8.82. The normalized spacial score (nSPS) is 16.3. The Morgan fingerprint density at radius 1 is 0.962 bits per heavy atom. The highest BCUT2D eigenvalue weighted by Gasteiger charge is 2.20. The second kappa shape index (κ2) is 7.07. The Kier molecular flexibility index (Phi) is 4.48. The van der Waals surface area contributed by atoms with Crippen LogP contribution in [0, 0.1) is 0 Å². The Morgan fingerprint density at radius 2 is 1.73 bits per heavy atom. The maximum Gasteiger partial charge on any atom is 0.255 e. The third-order valence-electron chi connectivity index (χ3n) is 4.56. The van der Waals surface area contributed by atoms with Crippen LogP contribution in [0.5, 0.6) is 11.5 Å². The summed E-state index contributed by atoms with van der Waals surface area (Å²) in [7, 11) is 0. The summed E-state index contributed by atoms with van der Waals surface area (Å²) in [5.74, 6) is 1.25. The Hall–Kier alpha value is -3.02. The minimum atomic E-state index is -0.210. The first-order valence-electron chi connectivity index (χ1n) is 8.82. The van der Waals surface area contributed by atoms with Crippen LogP contribution >= 0.6 is 0 Å². The van der Waals surface area contributed by atoms with Crippen molar-refractivity contribution in [2.24, 2.45) is 0 Å². The van der Waals surface area contributed by atoms with Gasteiger partial charge in [0, 0.05) is 36.0 Å². The minimum Gasteiger partial charge on any atom is -0.486 e. The Bertz CT molecular complexity index is 832. The molecule has 1 saturated heterocycles. The van der Waals surface area contributed by atoms with Gasteiger partial charge in [-0.1, -0.05) is 0 Å². The van der Waals surface area contributed by atoms with Gasteiger partial charge in [0.1, 0.15) is 13.2 Å². The number of hydrogen-bond acceptors (Lipinski definition) is 4. The lowest BCUT2D eigenvalue weighted by Crippen LogP contribution is -2.35. The highest BCUT2D eigenvalue weighted by atomic mass is 16.6. The lowest BCUT2D eigenvalue weighted by Gasteiger charge is -2.26. The zero-order chi connectivity index (χ0) is 17.9. The van der Waals surface area contributed by atoms with E-state index in [1.165, 1.54) is 0 Å². The van der Waals surface area contributed by atoms with Gasteiger partial charge in [-0.25, -0.2) is 0 Å². The van der Waals surface area contributed by atoms with Crippen LogP contribution in [0.1, 0.15) is 29.6 Å². The third-order valence-corrected chi connectivity index (χ3v) is 4.56. The van der Waals surface area contributed by atoms with E-state index in [2.05, 4.69) is 5.32 Å². The average molecular weight is 352 g/mol. The zero-order valence-electron chi connectivity index (χ0n) is 14.4. The number of carbonyl (C=O) groups is 2. The summed E-state index contributed by atoms with van der Waals surface area (Å²) in [6.45, 7) is 1.77. The molecule has 4 rings (SSSR count). The van der Waals surface area contributed by atoms with Gasteiger partial charge in [-0.2, -0.15) is 0 Å². The summed E-state index contributed by atoms with van der Waals surface area (Å²) in [6, 6.07) is 12.5. The van der Waals surface area contributed by atoms with E-state index in [-0.39, 0.29) is 11.8 Å². The molecular formula is C20H20N2O4. The van der Waals surface area contributed by atoms with Crippen molar-refractivity contribution >= 4 is 23.2 Å². The monoisotopic (exact) mass is 352 g/mol. The quantitative estimate of drug-likeness (QED) is 0.921. The van der Waals surface area contributed by atoms with E-state index in [0.717, 1.165) is 25.1 Å². The predicted octanol–water partition coefficient (Wildman–Crippen LogP) is 3.23. The maximum absolute atomic E-state index is 12.5. The molecule has 2 aliphatic rings. The molecule has 0 aromatic heterocycles. The fourth-order valence-corrected chi connectivity index (χ4v) is 3.20. The Morgan fingerprint density at radius 3 is 2.50 bits per heavy atom. The van der Waals surface area contributed by atoms with Gasteiger partial charge in [0.2, 0.25) is 5.91 Å². The van der Waals surface area contributed by atoms with Crippen molar-refractivity contribution in [3.05, 3.63) is 48.0 Å². The van der Waals surface area contributed by atoms with Crippen LogP contribution in [-0.2, 0) is 4.79 Å². The number of ether oxygens (including phenoxy) is 2. The standard InChI is InChI=1S/C20H20N2O4/c23-19-3-1-2-10-22(19)16-7-4-14(5-8-16)20(24)21-15-6-9-17-18(13-15)26-12-11-25-17/h4-9,13H,1-3,10-12H2,(H,21,24). The molecule has 0 radical (unpaired) electrons. The number of rotatable bonds is 3. The molecule has 26 heavy (non-hydrogen) atoms. The highest BCUT2D eigenvalue weighted by molar-refractivity contribution is 6.05. The molecule has 6 heteroatoms. The molecule has 134 valence electrons. The molecule has 2 heterocycles. The SMILES string of the molecule is O=C(Nc1ccc2c(c1)OCCO2)c1ccc(N2CCCCC2=O)cc1. The van der Waals surface area contributed by atoms with Crippen LogP contribution in [0.3, 0.4) is 0 Å². The molecule has 2 amide bonds. The van der Waals surface area contributed by atoms with Crippen LogP contribution in [0.4, 0.5) is 11.4 Å². The van der Waals surface area contributed by atoms with E-state index in [1.807, 2.05) is 12.1 Å². The Balaban J connectivity index is 1.45. The van der Waals surface area contributed by atoms with Gasteiger partial charge in [0.05, 0.1) is 0 Å². The van der Waals surface area contributed by atoms with Gasteiger partial charge in [-0.3, -0.25) is 9.59 Å². The van der Waals surface area contributed by atoms with E-state index in [9.17, 15) is 9.59 Å². The van der Waals surface area contributed by atoms with Gasteiger partial charge >= 0.3 is 0 Å². The van der Waals surface area contributed by atoms with Crippen molar-refractivity contribution in [3.8, 4) is 11.5 Å². The first-order chi connectivity index (χ1) is 12.7. The molecular weight excluding hydrogens is 332 g/mol. The number of fused-ring (bicyclic) bond motifs is 1. The number of piperidine rings is 1. The molecule has 1 fully saturated rings. The first kappa shape index (κ1) is 16.4. The topological polar surface area (TPSA) is 67.9 Å². The minimum absolute atomic E-state index is 0.143. The van der Waals surface area contributed by atoms with Gasteiger partial charge in [-0.15, -0.1) is 0 Å². The van der Waals surface area contributed by atoms with E-state index in [0.29, 0.717) is 42.4 Å².